The van der Waals surface area contributed by atoms with Crippen LogP contribution in [0.2, 0.25) is 0 Å². The van der Waals surface area contributed by atoms with Crippen LogP contribution >= 0.6 is 0 Å². The van der Waals surface area contributed by atoms with Crippen molar-refractivity contribution in [3.63, 3.8) is 0 Å². The van der Waals surface area contributed by atoms with Crippen molar-refractivity contribution in [2.75, 3.05) is 0 Å². The summed E-state index contributed by atoms with van der Waals surface area (Å²) >= 11 is 0. The Kier molecular flexibility index (Phi) is 3.39. The highest BCUT2D eigenvalue weighted by atomic mass is 16.2. The van der Waals surface area contributed by atoms with E-state index in [9.17, 15) is 9.59 Å². The van der Waals surface area contributed by atoms with Crippen LogP contribution < -0.4 is 10.6 Å². The molecule has 6 heteroatoms. The van der Waals surface area contributed by atoms with Crippen molar-refractivity contribution >= 4 is 23.2 Å². The van der Waals surface area contributed by atoms with E-state index >= 15 is 0 Å². The number of hydrogen-bond donors (Lipinski definition) is 2. The number of nitriles is 2. The molecule has 0 atom stereocenters. The Morgan fingerprint density at radius 3 is 1.27 bits per heavy atom. The molecule has 0 fully saturated rings. The van der Waals surface area contributed by atoms with Gasteiger partial charge in [-0.25, -0.2) is 0 Å². The fraction of sp³-hybridized carbons (Fsp3) is 0. The van der Waals surface area contributed by atoms with Crippen LogP contribution in [-0.4, -0.2) is 11.8 Å². The van der Waals surface area contributed by atoms with Crippen LogP contribution in [0.3, 0.4) is 0 Å². The minimum absolute atomic E-state index is 0.291. The van der Waals surface area contributed by atoms with E-state index in [-0.39, 0.29) is 11.8 Å². The van der Waals surface area contributed by atoms with Gasteiger partial charge >= 0.3 is 0 Å². The van der Waals surface area contributed by atoms with Gasteiger partial charge in [0.2, 0.25) is 0 Å². The third-order valence-electron chi connectivity index (χ3n) is 4.29. The Labute approximate surface area is 148 Å². The van der Waals surface area contributed by atoms with E-state index in [1.807, 2.05) is 12.1 Å². The van der Waals surface area contributed by atoms with E-state index < -0.39 is 0 Å². The first-order chi connectivity index (χ1) is 12.6. The summed E-state index contributed by atoms with van der Waals surface area (Å²) in [5, 5.41) is 23.3. The van der Waals surface area contributed by atoms with Crippen molar-refractivity contribution in [1.82, 2.24) is 10.6 Å². The first kappa shape index (κ1) is 15.4. The smallest absolute Gasteiger partial charge is 0.258 e. The molecule has 2 heterocycles. The van der Waals surface area contributed by atoms with Gasteiger partial charge in [-0.05, 0) is 35.4 Å². The molecular weight excluding hydrogens is 328 g/mol. The summed E-state index contributed by atoms with van der Waals surface area (Å²) in [6.07, 6.45) is 0. The zero-order valence-corrected chi connectivity index (χ0v) is 13.3. The van der Waals surface area contributed by atoms with Gasteiger partial charge < -0.3 is 10.6 Å². The van der Waals surface area contributed by atoms with Crippen molar-refractivity contribution in [3.8, 4) is 12.1 Å². The Balaban J connectivity index is 1.84. The number of amides is 2. The summed E-state index contributed by atoms with van der Waals surface area (Å²) in [4.78, 5) is 25.0. The molecule has 0 aliphatic carbocycles. The van der Waals surface area contributed by atoms with E-state index in [2.05, 4.69) is 10.6 Å². The minimum Gasteiger partial charge on any atom is -0.321 e. The lowest BCUT2D eigenvalue weighted by molar-refractivity contribution is -0.117. The predicted octanol–water partition coefficient (Wildman–Crippen LogP) is 1.81. The molecule has 0 aromatic heterocycles. The summed E-state index contributed by atoms with van der Waals surface area (Å²) in [6.45, 7) is 0. The highest BCUT2D eigenvalue weighted by Gasteiger charge is 2.40. The Morgan fingerprint density at radius 2 is 0.962 bits per heavy atom. The van der Waals surface area contributed by atoms with E-state index in [0.717, 1.165) is 0 Å². The van der Waals surface area contributed by atoms with Crippen LogP contribution in [-0.2, 0) is 9.59 Å². The molecule has 2 aromatic carbocycles. The van der Waals surface area contributed by atoms with Gasteiger partial charge in [0.05, 0.1) is 45.8 Å². The standard InChI is InChI=1S/C20H10N4O2/c21-9-11-1-5-13(6-2-11)17-15-16(20(26)23-17)18(24-19(15)25)14-7-3-12(10-22)4-8-14/h1-8H,(H,23,26)(H,24,25). The molecule has 0 saturated carbocycles. The van der Waals surface area contributed by atoms with Crippen LogP contribution in [0.4, 0.5) is 0 Å². The first-order valence-corrected chi connectivity index (χ1v) is 7.75. The summed E-state index contributed by atoms with van der Waals surface area (Å²) in [7, 11) is 0. The fourth-order valence-corrected chi connectivity index (χ4v) is 3.04. The number of fused-ring (bicyclic) bond motifs is 1. The average molecular weight is 338 g/mol. The van der Waals surface area contributed by atoms with E-state index in [1.54, 1.807) is 48.5 Å². The number of nitrogens with one attached hydrogen (secondary N) is 2. The first-order valence-electron chi connectivity index (χ1n) is 7.75. The van der Waals surface area contributed by atoms with E-state index in [1.165, 1.54) is 0 Å². The van der Waals surface area contributed by atoms with Gasteiger partial charge in [0, 0.05) is 0 Å². The third kappa shape index (κ3) is 2.26. The summed E-state index contributed by atoms with van der Waals surface area (Å²) in [6, 6.07) is 17.3. The number of carbonyl (C=O) groups is 2. The van der Waals surface area contributed by atoms with Crippen molar-refractivity contribution in [3.05, 3.63) is 81.9 Å². The van der Waals surface area contributed by atoms with Gasteiger partial charge in [0.25, 0.3) is 11.8 Å². The molecule has 0 spiro atoms. The van der Waals surface area contributed by atoms with Crippen LogP contribution in [0.15, 0.2) is 59.7 Å². The lowest BCUT2D eigenvalue weighted by Gasteiger charge is -2.07. The molecule has 2 amide bonds. The van der Waals surface area contributed by atoms with Gasteiger partial charge in [0.1, 0.15) is 0 Å². The van der Waals surface area contributed by atoms with E-state index in [0.29, 0.717) is 44.8 Å². The highest BCUT2D eigenvalue weighted by Crippen LogP contribution is 2.37. The Morgan fingerprint density at radius 1 is 0.615 bits per heavy atom. The Hall–Kier alpha value is -4.16. The van der Waals surface area contributed by atoms with Gasteiger partial charge in [-0.15, -0.1) is 0 Å². The molecule has 4 rings (SSSR count). The fourth-order valence-electron chi connectivity index (χ4n) is 3.04. The number of hydrogen-bond acceptors (Lipinski definition) is 4. The second-order valence-electron chi connectivity index (χ2n) is 5.79. The van der Waals surface area contributed by atoms with Crippen LogP contribution in [0.1, 0.15) is 22.3 Å². The zero-order chi connectivity index (χ0) is 18.3. The quantitative estimate of drug-likeness (QED) is 0.871. The van der Waals surface area contributed by atoms with Gasteiger partial charge in [-0.1, -0.05) is 24.3 Å². The number of benzene rings is 2. The molecule has 2 N–H and O–H groups in total. The second-order valence-corrected chi connectivity index (χ2v) is 5.79. The maximum absolute atomic E-state index is 12.5. The predicted molar refractivity (Wildman–Crippen MR) is 92.4 cm³/mol. The molecule has 0 saturated heterocycles. The van der Waals surface area contributed by atoms with Crippen LogP contribution in [0, 0.1) is 22.7 Å². The second kappa shape index (κ2) is 5.73. The van der Waals surface area contributed by atoms with Gasteiger partial charge in [0.15, 0.2) is 0 Å². The molecule has 0 unspecified atom stereocenters. The highest BCUT2D eigenvalue weighted by molar-refractivity contribution is 6.30. The minimum atomic E-state index is -0.364. The molecule has 26 heavy (non-hydrogen) atoms. The molecule has 2 aliphatic rings. The molecule has 2 aromatic rings. The molecule has 6 nitrogen and oxygen atoms in total. The summed E-state index contributed by atoms with van der Waals surface area (Å²) in [5.74, 6) is -0.728. The number of rotatable bonds is 2. The number of nitrogens with zero attached hydrogens (tertiary/aromatic N) is 2. The normalized spacial score (nSPS) is 15.3. The zero-order valence-electron chi connectivity index (χ0n) is 13.3. The maximum Gasteiger partial charge on any atom is 0.258 e. The average Bonchev–Trinajstić information content (AvgIpc) is 3.21. The largest absolute Gasteiger partial charge is 0.321 e. The molecular formula is C20H10N4O2. The molecule has 0 radical (unpaired) electrons. The lowest BCUT2D eigenvalue weighted by atomic mass is 10.0. The molecule has 0 bridgehead atoms. The summed E-state index contributed by atoms with van der Waals surface area (Å²) < 4.78 is 0. The van der Waals surface area contributed by atoms with Gasteiger partial charge in [-0.2, -0.15) is 10.5 Å². The van der Waals surface area contributed by atoms with Crippen LogP contribution in [0.25, 0.3) is 11.4 Å². The SMILES string of the molecule is N#Cc1ccc(C2=C3C(=O)NC(c4ccc(C#N)cc4)=C3C(=O)N2)cc1. The lowest BCUT2D eigenvalue weighted by Crippen LogP contribution is -2.21. The van der Waals surface area contributed by atoms with Crippen molar-refractivity contribution in [2.45, 2.75) is 0 Å². The maximum atomic E-state index is 12.5. The van der Waals surface area contributed by atoms with Crippen LogP contribution in [0.5, 0.6) is 0 Å². The topological polar surface area (TPSA) is 106 Å². The molecule has 122 valence electrons. The third-order valence-corrected chi connectivity index (χ3v) is 4.29. The summed E-state index contributed by atoms with van der Waals surface area (Å²) in [5.41, 5.74) is 3.73. The van der Waals surface area contributed by atoms with Gasteiger partial charge in [-0.3, -0.25) is 9.59 Å². The van der Waals surface area contributed by atoms with Crippen molar-refractivity contribution in [1.29, 1.82) is 10.5 Å². The van der Waals surface area contributed by atoms with Crippen molar-refractivity contribution in [2.24, 2.45) is 0 Å². The Bertz CT molecular complexity index is 1020. The monoisotopic (exact) mass is 338 g/mol. The van der Waals surface area contributed by atoms with E-state index in [4.69, 9.17) is 10.5 Å². The number of carbonyl (C=O) groups excluding carboxylic acids is 2. The molecule has 2 aliphatic heterocycles. The van der Waals surface area contributed by atoms with Crippen molar-refractivity contribution < 1.29 is 9.59 Å².